The molecule has 3 nitrogen and oxygen atoms in total. The highest BCUT2D eigenvalue weighted by molar-refractivity contribution is 5.22. The highest BCUT2D eigenvalue weighted by atomic mass is 16.5. The van der Waals surface area contributed by atoms with Crippen molar-refractivity contribution in [1.82, 2.24) is 10.2 Å². The maximum absolute atomic E-state index is 5.62. The molecule has 1 aromatic rings. The van der Waals surface area contributed by atoms with Gasteiger partial charge in [-0.3, -0.25) is 4.90 Å². The van der Waals surface area contributed by atoms with Gasteiger partial charge >= 0.3 is 0 Å². The summed E-state index contributed by atoms with van der Waals surface area (Å²) in [5, 5.41) is 3.51. The van der Waals surface area contributed by atoms with Gasteiger partial charge < -0.3 is 10.1 Å². The molecule has 1 aliphatic rings. The number of morpholine rings is 1. The number of ether oxygens (including phenoxy) is 1. The first kappa shape index (κ1) is 14.5. The number of nitrogens with zero attached hydrogens (tertiary/aromatic N) is 1. The van der Waals surface area contributed by atoms with Crippen molar-refractivity contribution in [3.63, 3.8) is 0 Å². The van der Waals surface area contributed by atoms with Gasteiger partial charge in [0.15, 0.2) is 0 Å². The summed E-state index contributed by atoms with van der Waals surface area (Å²) in [6.45, 7) is 10.3. The highest BCUT2D eigenvalue weighted by Gasteiger charge is 2.22. The van der Waals surface area contributed by atoms with E-state index < -0.39 is 0 Å². The van der Waals surface area contributed by atoms with E-state index in [1.165, 1.54) is 17.5 Å². The summed E-state index contributed by atoms with van der Waals surface area (Å²) in [6, 6.07) is 9.31. The molecule has 1 unspecified atom stereocenters. The monoisotopic (exact) mass is 262 g/mol. The molecule has 3 heteroatoms. The van der Waals surface area contributed by atoms with Gasteiger partial charge in [-0.05, 0) is 25.5 Å². The second kappa shape index (κ2) is 7.63. The van der Waals surface area contributed by atoms with E-state index in [0.717, 1.165) is 39.4 Å². The zero-order valence-electron chi connectivity index (χ0n) is 12.2. The molecule has 1 heterocycles. The van der Waals surface area contributed by atoms with E-state index in [0.29, 0.717) is 6.04 Å². The Bertz CT molecular complexity index is 381. The van der Waals surface area contributed by atoms with Gasteiger partial charge in [-0.2, -0.15) is 0 Å². The van der Waals surface area contributed by atoms with E-state index in [1.54, 1.807) is 0 Å². The molecule has 1 saturated heterocycles. The van der Waals surface area contributed by atoms with Crippen molar-refractivity contribution < 1.29 is 4.74 Å². The van der Waals surface area contributed by atoms with Crippen LogP contribution in [0.5, 0.6) is 0 Å². The molecule has 106 valence electrons. The lowest BCUT2D eigenvalue weighted by molar-refractivity contribution is -0.0108. The summed E-state index contributed by atoms with van der Waals surface area (Å²) < 4.78 is 5.62. The molecule has 0 aromatic heterocycles. The minimum Gasteiger partial charge on any atom is -0.378 e. The van der Waals surface area contributed by atoms with Crippen LogP contribution >= 0.6 is 0 Å². The summed E-state index contributed by atoms with van der Waals surface area (Å²) >= 11 is 0. The molecule has 1 aliphatic heterocycles. The Morgan fingerprint density at radius 1 is 1.42 bits per heavy atom. The quantitative estimate of drug-likeness (QED) is 0.795. The first-order chi connectivity index (χ1) is 9.29. The van der Waals surface area contributed by atoms with Gasteiger partial charge in [0.05, 0.1) is 13.2 Å². The van der Waals surface area contributed by atoms with E-state index >= 15 is 0 Å². The molecule has 2 rings (SSSR count). The minimum atomic E-state index is 0.501. The number of hydrogen-bond acceptors (Lipinski definition) is 3. The fourth-order valence-electron chi connectivity index (χ4n) is 2.58. The Morgan fingerprint density at radius 2 is 2.32 bits per heavy atom. The van der Waals surface area contributed by atoms with Gasteiger partial charge in [-0.25, -0.2) is 0 Å². The lowest BCUT2D eigenvalue weighted by atomic mass is 10.1. The number of nitrogens with one attached hydrogen (secondary N) is 1. The van der Waals surface area contributed by atoms with E-state index in [2.05, 4.69) is 48.3 Å². The van der Waals surface area contributed by atoms with Crippen LogP contribution in [-0.4, -0.2) is 43.8 Å². The number of rotatable bonds is 6. The summed E-state index contributed by atoms with van der Waals surface area (Å²) in [5.41, 5.74) is 2.74. The summed E-state index contributed by atoms with van der Waals surface area (Å²) in [4.78, 5) is 2.54. The van der Waals surface area contributed by atoms with E-state index in [9.17, 15) is 0 Å². The highest BCUT2D eigenvalue weighted by Crippen LogP contribution is 2.13. The van der Waals surface area contributed by atoms with Gasteiger partial charge in [0.25, 0.3) is 0 Å². The normalized spacial score (nSPS) is 20.6. The van der Waals surface area contributed by atoms with Crippen molar-refractivity contribution in [2.75, 3.05) is 32.8 Å². The van der Waals surface area contributed by atoms with Crippen molar-refractivity contribution in [3.8, 4) is 0 Å². The van der Waals surface area contributed by atoms with Crippen LogP contribution in [0.4, 0.5) is 0 Å². The Kier molecular flexibility index (Phi) is 5.83. The predicted molar refractivity (Wildman–Crippen MR) is 79.4 cm³/mol. The second-order valence-corrected chi connectivity index (χ2v) is 5.39. The van der Waals surface area contributed by atoms with Crippen molar-refractivity contribution in [1.29, 1.82) is 0 Å². The number of hydrogen-bond donors (Lipinski definition) is 1. The van der Waals surface area contributed by atoms with Crippen LogP contribution in [0.1, 0.15) is 24.5 Å². The first-order valence-corrected chi connectivity index (χ1v) is 7.37. The van der Waals surface area contributed by atoms with E-state index in [-0.39, 0.29) is 0 Å². The van der Waals surface area contributed by atoms with Gasteiger partial charge in [-0.1, -0.05) is 36.8 Å². The molecule has 1 atom stereocenters. The molecule has 1 fully saturated rings. The maximum Gasteiger partial charge on any atom is 0.0635 e. The second-order valence-electron chi connectivity index (χ2n) is 5.39. The molecular formula is C16H26N2O. The van der Waals surface area contributed by atoms with Crippen molar-refractivity contribution in [2.24, 2.45) is 0 Å². The Hall–Kier alpha value is -0.900. The fraction of sp³-hybridized carbons (Fsp3) is 0.625. The Morgan fingerprint density at radius 3 is 3.11 bits per heavy atom. The molecular weight excluding hydrogens is 236 g/mol. The van der Waals surface area contributed by atoms with E-state index in [4.69, 9.17) is 4.74 Å². The lowest BCUT2D eigenvalue weighted by Gasteiger charge is -2.35. The smallest absolute Gasteiger partial charge is 0.0635 e. The molecule has 0 spiro atoms. The molecule has 0 saturated carbocycles. The third kappa shape index (κ3) is 4.60. The van der Waals surface area contributed by atoms with Gasteiger partial charge in [0.1, 0.15) is 0 Å². The summed E-state index contributed by atoms with van der Waals surface area (Å²) in [6.07, 6.45) is 1.19. The standard InChI is InChI=1S/C16H26N2O/c1-3-7-17-11-16-13-19-9-8-18(16)12-15-6-4-5-14(2)10-15/h4-6,10,16-17H,3,7-9,11-13H2,1-2H3. The van der Waals surface area contributed by atoms with E-state index in [1.807, 2.05) is 0 Å². The zero-order valence-corrected chi connectivity index (χ0v) is 12.2. The van der Waals surface area contributed by atoms with Crippen LogP contribution in [0.25, 0.3) is 0 Å². The lowest BCUT2D eigenvalue weighted by Crippen LogP contribution is -2.49. The predicted octanol–water partition coefficient (Wildman–Crippen LogP) is 2.20. The van der Waals surface area contributed by atoms with Crippen molar-refractivity contribution in [2.45, 2.75) is 32.9 Å². The van der Waals surface area contributed by atoms with Gasteiger partial charge in [0, 0.05) is 25.7 Å². The fourth-order valence-corrected chi connectivity index (χ4v) is 2.58. The van der Waals surface area contributed by atoms with Gasteiger partial charge in [0.2, 0.25) is 0 Å². The van der Waals surface area contributed by atoms with Crippen molar-refractivity contribution in [3.05, 3.63) is 35.4 Å². The molecule has 19 heavy (non-hydrogen) atoms. The first-order valence-electron chi connectivity index (χ1n) is 7.37. The summed E-state index contributed by atoms with van der Waals surface area (Å²) in [7, 11) is 0. The average molecular weight is 262 g/mol. The molecule has 0 bridgehead atoms. The Labute approximate surface area is 116 Å². The largest absolute Gasteiger partial charge is 0.378 e. The third-order valence-corrected chi connectivity index (χ3v) is 3.62. The molecule has 1 N–H and O–H groups in total. The van der Waals surface area contributed by atoms with Crippen LogP contribution in [0.2, 0.25) is 0 Å². The van der Waals surface area contributed by atoms with Crippen LogP contribution in [0.3, 0.4) is 0 Å². The topological polar surface area (TPSA) is 24.5 Å². The zero-order chi connectivity index (χ0) is 13.5. The third-order valence-electron chi connectivity index (χ3n) is 3.62. The average Bonchev–Trinajstić information content (AvgIpc) is 2.41. The molecule has 0 radical (unpaired) electrons. The van der Waals surface area contributed by atoms with Crippen LogP contribution in [-0.2, 0) is 11.3 Å². The molecule has 1 aromatic carbocycles. The van der Waals surface area contributed by atoms with Crippen molar-refractivity contribution >= 4 is 0 Å². The van der Waals surface area contributed by atoms with Crippen LogP contribution < -0.4 is 5.32 Å². The maximum atomic E-state index is 5.62. The SMILES string of the molecule is CCCNCC1COCCN1Cc1cccc(C)c1. The van der Waals surface area contributed by atoms with Crippen LogP contribution in [0.15, 0.2) is 24.3 Å². The number of aryl methyl sites for hydroxylation is 1. The molecule has 0 amide bonds. The molecule has 0 aliphatic carbocycles. The minimum absolute atomic E-state index is 0.501. The summed E-state index contributed by atoms with van der Waals surface area (Å²) in [5.74, 6) is 0. The number of benzene rings is 1. The van der Waals surface area contributed by atoms with Gasteiger partial charge in [-0.15, -0.1) is 0 Å². The Balaban J connectivity index is 1.91. The van der Waals surface area contributed by atoms with Crippen LogP contribution in [0, 0.1) is 6.92 Å².